The predicted octanol–water partition coefficient (Wildman–Crippen LogP) is 3.34. The fraction of sp³-hybridized carbons (Fsp3) is 0.667. The number of hydrogen-bond donors (Lipinski definition) is 1. The third kappa shape index (κ3) is 3.97. The molecular formula is C12H21NO. The van der Waals surface area contributed by atoms with E-state index < -0.39 is 0 Å². The number of unbranched alkanes of at least 4 members (excludes halogenated alkanes) is 1. The van der Waals surface area contributed by atoms with Gasteiger partial charge in [0.05, 0.1) is 12.8 Å². The first-order chi connectivity index (χ1) is 6.86. The maximum atomic E-state index is 5.27. The van der Waals surface area contributed by atoms with Gasteiger partial charge in [-0.3, -0.25) is 0 Å². The standard InChI is InChI=1S/C12H21NO/c1-3-5-7-11(4-2)13-10-12-8-6-9-14-12/h6,8-9,11,13H,3-5,7,10H2,1-2H3. The first kappa shape index (κ1) is 11.3. The van der Waals surface area contributed by atoms with Crippen molar-refractivity contribution >= 4 is 0 Å². The molecule has 0 bridgehead atoms. The molecule has 1 N–H and O–H groups in total. The molecule has 0 amide bonds. The lowest BCUT2D eigenvalue weighted by Crippen LogP contribution is -2.27. The second-order valence-corrected chi connectivity index (χ2v) is 3.71. The van der Waals surface area contributed by atoms with Crippen LogP contribution in [0.4, 0.5) is 0 Å². The summed E-state index contributed by atoms with van der Waals surface area (Å²) in [6.45, 7) is 5.32. The Bertz CT molecular complexity index is 218. The number of nitrogens with one attached hydrogen (secondary N) is 1. The molecule has 0 radical (unpaired) electrons. The molecule has 80 valence electrons. The second-order valence-electron chi connectivity index (χ2n) is 3.71. The third-order valence-electron chi connectivity index (χ3n) is 2.54. The van der Waals surface area contributed by atoms with Crippen molar-refractivity contribution in [1.29, 1.82) is 0 Å². The van der Waals surface area contributed by atoms with E-state index in [1.807, 2.05) is 12.1 Å². The first-order valence-corrected chi connectivity index (χ1v) is 5.62. The average molecular weight is 195 g/mol. The number of hydrogen-bond acceptors (Lipinski definition) is 2. The van der Waals surface area contributed by atoms with Gasteiger partial charge in [-0.2, -0.15) is 0 Å². The molecule has 0 fully saturated rings. The summed E-state index contributed by atoms with van der Waals surface area (Å²) in [6, 6.07) is 4.59. The Hall–Kier alpha value is -0.760. The molecule has 2 nitrogen and oxygen atoms in total. The predicted molar refractivity (Wildman–Crippen MR) is 59.2 cm³/mol. The summed E-state index contributed by atoms with van der Waals surface area (Å²) in [5.74, 6) is 1.03. The Morgan fingerprint density at radius 2 is 2.29 bits per heavy atom. The number of rotatable bonds is 7. The third-order valence-corrected chi connectivity index (χ3v) is 2.54. The lowest BCUT2D eigenvalue weighted by Gasteiger charge is -2.15. The van der Waals surface area contributed by atoms with Crippen LogP contribution in [0.5, 0.6) is 0 Å². The first-order valence-electron chi connectivity index (χ1n) is 5.62. The van der Waals surface area contributed by atoms with Crippen molar-refractivity contribution in [3.8, 4) is 0 Å². The minimum absolute atomic E-state index is 0.639. The zero-order valence-corrected chi connectivity index (χ0v) is 9.25. The smallest absolute Gasteiger partial charge is 0.117 e. The fourth-order valence-corrected chi connectivity index (χ4v) is 1.56. The molecule has 2 heteroatoms. The van der Waals surface area contributed by atoms with E-state index in [9.17, 15) is 0 Å². The highest BCUT2D eigenvalue weighted by molar-refractivity contribution is 4.97. The summed E-state index contributed by atoms with van der Waals surface area (Å²) >= 11 is 0. The fourth-order valence-electron chi connectivity index (χ4n) is 1.56. The molecule has 1 aromatic rings. The molecule has 1 heterocycles. The van der Waals surface area contributed by atoms with Gasteiger partial charge in [0.1, 0.15) is 5.76 Å². The van der Waals surface area contributed by atoms with Gasteiger partial charge in [-0.05, 0) is 25.0 Å². The molecule has 1 unspecified atom stereocenters. The summed E-state index contributed by atoms with van der Waals surface area (Å²) < 4.78 is 5.27. The van der Waals surface area contributed by atoms with Crippen LogP contribution in [0, 0.1) is 0 Å². The summed E-state index contributed by atoms with van der Waals surface area (Å²) in [4.78, 5) is 0. The molecule has 0 aromatic carbocycles. The Kier molecular flexibility index (Phi) is 5.38. The normalized spacial score (nSPS) is 13.0. The molecule has 1 rings (SSSR count). The van der Waals surface area contributed by atoms with Crippen LogP contribution in [0.15, 0.2) is 22.8 Å². The molecular weight excluding hydrogens is 174 g/mol. The van der Waals surface area contributed by atoms with Gasteiger partial charge in [0, 0.05) is 6.04 Å². The van der Waals surface area contributed by atoms with Gasteiger partial charge in [0.2, 0.25) is 0 Å². The van der Waals surface area contributed by atoms with E-state index in [4.69, 9.17) is 4.42 Å². The molecule has 1 atom stereocenters. The second kappa shape index (κ2) is 6.66. The minimum atomic E-state index is 0.639. The van der Waals surface area contributed by atoms with Crippen LogP contribution in [0.3, 0.4) is 0 Å². The van der Waals surface area contributed by atoms with Crippen LogP contribution in [-0.2, 0) is 6.54 Å². The lowest BCUT2D eigenvalue weighted by atomic mass is 10.1. The van der Waals surface area contributed by atoms with E-state index in [0.29, 0.717) is 6.04 Å². The molecule has 0 aliphatic carbocycles. The van der Waals surface area contributed by atoms with E-state index in [0.717, 1.165) is 12.3 Å². The summed E-state index contributed by atoms with van der Waals surface area (Å²) in [5, 5.41) is 3.51. The Morgan fingerprint density at radius 1 is 1.43 bits per heavy atom. The molecule has 0 spiro atoms. The van der Waals surface area contributed by atoms with Crippen LogP contribution in [0.1, 0.15) is 45.3 Å². The monoisotopic (exact) mass is 195 g/mol. The summed E-state index contributed by atoms with van der Waals surface area (Å²) in [5.41, 5.74) is 0. The maximum Gasteiger partial charge on any atom is 0.117 e. The quantitative estimate of drug-likeness (QED) is 0.722. The van der Waals surface area contributed by atoms with E-state index in [1.54, 1.807) is 6.26 Å². The maximum absolute atomic E-state index is 5.27. The molecule has 0 saturated carbocycles. The van der Waals surface area contributed by atoms with Crippen molar-refractivity contribution < 1.29 is 4.42 Å². The van der Waals surface area contributed by atoms with Gasteiger partial charge in [0.25, 0.3) is 0 Å². The van der Waals surface area contributed by atoms with Gasteiger partial charge in [0.15, 0.2) is 0 Å². The Labute approximate surface area is 86.7 Å². The van der Waals surface area contributed by atoms with E-state index in [1.165, 1.54) is 25.7 Å². The number of furan rings is 1. The topological polar surface area (TPSA) is 25.2 Å². The van der Waals surface area contributed by atoms with E-state index in [2.05, 4.69) is 19.2 Å². The SMILES string of the molecule is CCCCC(CC)NCc1ccco1. The average Bonchev–Trinajstić information content (AvgIpc) is 2.71. The van der Waals surface area contributed by atoms with Crippen molar-refractivity contribution in [3.05, 3.63) is 24.2 Å². The van der Waals surface area contributed by atoms with Crippen LogP contribution in [0.25, 0.3) is 0 Å². The van der Waals surface area contributed by atoms with E-state index >= 15 is 0 Å². The van der Waals surface area contributed by atoms with Crippen LogP contribution in [0.2, 0.25) is 0 Å². The lowest BCUT2D eigenvalue weighted by molar-refractivity contribution is 0.413. The van der Waals surface area contributed by atoms with Gasteiger partial charge < -0.3 is 9.73 Å². The van der Waals surface area contributed by atoms with Gasteiger partial charge in [-0.1, -0.05) is 26.7 Å². The highest BCUT2D eigenvalue weighted by atomic mass is 16.3. The minimum Gasteiger partial charge on any atom is -0.468 e. The van der Waals surface area contributed by atoms with E-state index in [-0.39, 0.29) is 0 Å². The molecule has 1 aromatic heterocycles. The van der Waals surface area contributed by atoms with Crippen molar-refractivity contribution in [1.82, 2.24) is 5.32 Å². The molecule has 0 aliphatic heterocycles. The van der Waals surface area contributed by atoms with Crippen molar-refractivity contribution in [3.63, 3.8) is 0 Å². The van der Waals surface area contributed by atoms with Crippen LogP contribution >= 0.6 is 0 Å². The van der Waals surface area contributed by atoms with Gasteiger partial charge >= 0.3 is 0 Å². The largest absolute Gasteiger partial charge is 0.468 e. The molecule has 0 saturated heterocycles. The van der Waals surface area contributed by atoms with Crippen LogP contribution in [-0.4, -0.2) is 6.04 Å². The van der Waals surface area contributed by atoms with Crippen LogP contribution < -0.4 is 5.32 Å². The summed E-state index contributed by atoms with van der Waals surface area (Å²) in [7, 11) is 0. The van der Waals surface area contributed by atoms with Crippen molar-refractivity contribution in [2.45, 2.75) is 52.1 Å². The molecule has 14 heavy (non-hydrogen) atoms. The van der Waals surface area contributed by atoms with Crippen molar-refractivity contribution in [2.24, 2.45) is 0 Å². The Balaban J connectivity index is 2.20. The van der Waals surface area contributed by atoms with Gasteiger partial charge in [-0.25, -0.2) is 0 Å². The Morgan fingerprint density at radius 3 is 2.86 bits per heavy atom. The summed E-state index contributed by atoms with van der Waals surface area (Å²) in [6.07, 6.45) is 6.78. The molecule has 0 aliphatic rings. The van der Waals surface area contributed by atoms with Crippen molar-refractivity contribution in [2.75, 3.05) is 0 Å². The van der Waals surface area contributed by atoms with Gasteiger partial charge in [-0.15, -0.1) is 0 Å². The zero-order chi connectivity index (χ0) is 10.2. The highest BCUT2D eigenvalue weighted by Crippen LogP contribution is 2.06. The zero-order valence-electron chi connectivity index (χ0n) is 9.25. The highest BCUT2D eigenvalue weighted by Gasteiger charge is 2.05.